The third kappa shape index (κ3) is 3.38. The lowest BCUT2D eigenvalue weighted by Gasteiger charge is -2.28. The quantitative estimate of drug-likeness (QED) is 0.530. The first kappa shape index (κ1) is 16.3. The summed E-state index contributed by atoms with van der Waals surface area (Å²) in [4.78, 5) is 8.40. The zero-order valence-corrected chi connectivity index (χ0v) is 15.8. The molecule has 4 aromatic rings. The molecular formula is C22H20N4S. The van der Waals surface area contributed by atoms with E-state index in [2.05, 4.69) is 58.5 Å². The Morgan fingerprint density at radius 2 is 1.81 bits per heavy atom. The lowest BCUT2D eigenvalue weighted by molar-refractivity contribution is 0.729. The molecule has 0 N–H and O–H groups in total. The Hall–Kier alpha value is -2.92. The van der Waals surface area contributed by atoms with Gasteiger partial charge >= 0.3 is 0 Å². The number of fused-ring (bicyclic) bond motifs is 1. The maximum Gasteiger partial charge on any atom is 0.185 e. The van der Waals surface area contributed by atoms with Crippen LogP contribution in [0.4, 0.5) is 5.13 Å². The van der Waals surface area contributed by atoms with Crippen LogP contribution in [0.25, 0.3) is 5.69 Å². The summed E-state index contributed by atoms with van der Waals surface area (Å²) in [5.74, 6) is 0. The van der Waals surface area contributed by atoms with Gasteiger partial charge in [0.15, 0.2) is 5.13 Å². The van der Waals surface area contributed by atoms with Crippen LogP contribution in [0.5, 0.6) is 0 Å². The lowest BCUT2D eigenvalue weighted by atomic mass is 10.0. The summed E-state index contributed by atoms with van der Waals surface area (Å²) in [6, 6.07) is 19.3. The van der Waals surface area contributed by atoms with Gasteiger partial charge in [0.2, 0.25) is 0 Å². The number of nitrogens with zero attached hydrogens (tertiary/aromatic N) is 4. The molecule has 5 heteroatoms. The molecule has 134 valence electrons. The van der Waals surface area contributed by atoms with Gasteiger partial charge in [0, 0.05) is 43.0 Å². The van der Waals surface area contributed by atoms with Gasteiger partial charge in [0.05, 0.1) is 5.69 Å². The Balaban J connectivity index is 1.29. The van der Waals surface area contributed by atoms with Crippen LogP contribution in [0.15, 0.2) is 73.2 Å². The lowest BCUT2D eigenvalue weighted by Crippen LogP contribution is -2.30. The second-order valence-electron chi connectivity index (χ2n) is 6.84. The first-order chi connectivity index (χ1) is 13.3. The average Bonchev–Trinajstić information content (AvgIpc) is 3.41. The molecule has 0 unspecified atom stereocenters. The summed E-state index contributed by atoms with van der Waals surface area (Å²) in [6.07, 6.45) is 7.80. The fourth-order valence-corrected chi connectivity index (χ4v) is 4.54. The molecule has 0 fully saturated rings. The minimum atomic E-state index is 0.918. The Morgan fingerprint density at radius 3 is 2.63 bits per heavy atom. The summed E-state index contributed by atoms with van der Waals surface area (Å²) in [7, 11) is 0. The highest BCUT2D eigenvalue weighted by Crippen LogP contribution is 2.29. The molecule has 0 aliphatic carbocycles. The van der Waals surface area contributed by atoms with Gasteiger partial charge in [-0.2, -0.15) is 5.10 Å². The molecule has 1 aliphatic heterocycles. The highest BCUT2D eigenvalue weighted by Gasteiger charge is 2.18. The van der Waals surface area contributed by atoms with Crippen molar-refractivity contribution in [2.45, 2.75) is 19.4 Å². The molecule has 1 aliphatic rings. The van der Waals surface area contributed by atoms with Crippen molar-refractivity contribution < 1.29 is 0 Å². The molecule has 0 radical (unpaired) electrons. The van der Waals surface area contributed by atoms with E-state index < -0.39 is 0 Å². The van der Waals surface area contributed by atoms with Crippen molar-refractivity contribution >= 4 is 16.5 Å². The number of hydrogen-bond acceptors (Lipinski definition) is 4. The molecule has 0 saturated heterocycles. The topological polar surface area (TPSA) is 34.0 Å². The first-order valence-electron chi connectivity index (χ1n) is 9.20. The van der Waals surface area contributed by atoms with E-state index in [1.54, 1.807) is 6.20 Å². The van der Waals surface area contributed by atoms with E-state index in [-0.39, 0.29) is 0 Å². The summed E-state index contributed by atoms with van der Waals surface area (Å²) in [5.41, 5.74) is 5.28. The van der Waals surface area contributed by atoms with Crippen LogP contribution < -0.4 is 4.90 Å². The zero-order chi connectivity index (χ0) is 18.1. The molecule has 4 nitrogen and oxygen atoms in total. The monoisotopic (exact) mass is 372 g/mol. The normalized spacial score (nSPS) is 13.6. The Kier molecular flexibility index (Phi) is 4.22. The van der Waals surface area contributed by atoms with Gasteiger partial charge in [-0.3, -0.25) is 0 Å². The molecular weight excluding hydrogens is 352 g/mol. The van der Waals surface area contributed by atoms with E-state index >= 15 is 0 Å². The standard InChI is InChI=1S/C22H20N4S/c1-2-5-19-16-25(13-10-18(19)4-1)22-23-15-21(27-22)14-17-6-8-20(9-7-17)26-12-3-11-24-26/h1-9,11-12,15H,10,13-14,16H2. The number of hydrogen-bond donors (Lipinski definition) is 0. The number of anilines is 1. The van der Waals surface area contributed by atoms with Crippen molar-refractivity contribution in [3.05, 3.63) is 94.8 Å². The van der Waals surface area contributed by atoms with Crippen molar-refractivity contribution in [2.24, 2.45) is 0 Å². The molecule has 3 heterocycles. The number of benzene rings is 2. The molecule has 2 aromatic heterocycles. The van der Waals surface area contributed by atoms with Gasteiger partial charge < -0.3 is 4.90 Å². The van der Waals surface area contributed by atoms with Gasteiger partial charge in [-0.05, 0) is 41.3 Å². The third-order valence-corrected chi connectivity index (χ3v) is 6.08. The van der Waals surface area contributed by atoms with Crippen LogP contribution in [-0.2, 0) is 19.4 Å². The van der Waals surface area contributed by atoms with Crippen LogP contribution in [0.2, 0.25) is 0 Å². The van der Waals surface area contributed by atoms with Crippen LogP contribution in [0.3, 0.4) is 0 Å². The Labute approximate surface area is 162 Å². The molecule has 0 spiro atoms. The van der Waals surface area contributed by atoms with E-state index in [9.17, 15) is 0 Å². The highest BCUT2D eigenvalue weighted by atomic mass is 32.1. The van der Waals surface area contributed by atoms with Crippen LogP contribution in [0.1, 0.15) is 21.6 Å². The van der Waals surface area contributed by atoms with Crippen LogP contribution in [-0.4, -0.2) is 21.3 Å². The van der Waals surface area contributed by atoms with Crippen molar-refractivity contribution in [3.8, 4) is 5.69 Å². The average molecular weight is 372 g/mol. The summed E-state index contributed by atoms with van der Waals surface area (Å²) in [6.45, 7) is 2.00. The fraction of sp³-hybridized carbons (Fsp3) is 0.182. The molecule has 5 rings (SSSR count). The summed E-state index contributed by atoms with van der Waals surface area (Å²) >= 11 is 1.81. The van der Waals surface area contributed by atoms with E-state index in [1.807, 2.05) is 34.5 Å². The third-order valence-electron chi connectivity index (χ3n) is 5.03. The summed E-state index contributed by atoms with van der Waals surface area (Å²) in [5, 5.41) is 5.41. The Bertz CT molecular complexity index is 1030. The van der Waals surface area contributed by atoms with Crippen molar-refractivity contribution in [1.29, 1.82) is 0 Å². The number of aromatic nitrogens is 3. The van der Waals surface area contributed by atoms with Crippen molar-refractivity contribution in [3.63, 3.8) is 0 Å². The summed E-state index contributed by atoms with van der Waals surface area (Å²) < 4.78 is 1.88. The van der Waals surface area contributed by atoms with Gasteiger partial charge in [0.25, 0.3) is 0 Å². The number of rotatable bonds is 4. The van der Waals surface area contributed by atoms with Gasteiger partial charge in [-0.25, -0.2) is 9.67 Å². The highest BCUT2D eigenvalue weighted by molar-refractivity contribution is 7.15. The zero-order valence-electron chi connectivity index (χ0n) is 15.0. The van der Waals surface area contributed by atoms with E-state index in [0.717, 1.165) is 36.8 Å². The van der Waals surface area contributed by atoms with Gasteiger partial charge in [-0.15, -0.1) is 11.3 Å². The molecule has 0 saturated carbocycles. The maximum atomic E-state index is 4.70. The molecule has 0 amide bonds. The van der Waals surface area contributed by atoms with E-state index in [4.69, 9.17) is 4.98 Å². The SMILES string of the molecule is c1ccc2c(c1)CCN(c1ncc(Cc3ccc(-n4cccn4)cc3)s1)C2. The first-order valence-corrected chi connectivity index (χ1v) is 10.0. The minimum Gasteiger partial charge on any atom is -0.343 e. The predicted octanol–water partition coefficient (Wildman–Crippen LogP) is 4.48. The van der Waals surface area contributed by atoms with Crippen molar-refractivity contribution in [1.82, 2.24) is 14.8 Å². The molecule has 0 bridgehead atoms. The largest absolute Gasteiger partial charge is 0.343 e. The number of thiazole rings is 1. The Morgan fingerprint density at radius 1 is 0.963 bits per heavy atom. The van der Waals surface area contributed by atoms with Gasteiger partial charge in [-0.1, -0.05) is 36.4 Å². The second-order valence-corrected chi connectivity index (χ2v) is 7.94. The van der Waals surface area contributed by atoms with Crippen LogP contribution in [0, 0.1) is 0 Å². The molecule has 0 atom stereocenters. The second kappa shape index (κ2) is 7.00. The van der Waals surface area contributed by atoms with E-state index in [1.165, 1.54) is 21.6 Å². The van der Waals surface area contributed by atoms with Gasteiger partial charge in [0.1, 0.15) is 0 Å². The molecule has 2 aromatic carbocycles. The fourth-order valence-electron chi connectivity index (χ4n) is 3.57. The maximum absolute atomic E-state index is 4.70. The van der Waals surface area contributed by atoms with E-state index in [0.29, 0.717) is 0 Å². The predicted molar refractivity (Wildman–Crippen MR) is 110 cm³/mol. The smallest absolute Gasteiger partial charge is 0.185 e. The van der Waals surface area contributed by atoms with Crippen molar-refractivity contribution in [2.75, 3.05) is 11.4 Å². The van der Waals surface area contributed by atoms with Crippen LogP contribution >= 0.6 is 11.3 Å². The minimum absolute atomic E-state index is 0.918. The molecule has 27 heavy (non-hydrogen) atoms.